The quantitative estimate of drug-likeness (QED) is 0.142. The zero-order chi connectivity index (χ0) is 18.1. The molecule has 0 bridgehead atoms. The number of nitro groups is 1. The van der Waals surface area contributed by atoms with Gasteiger partial charge in [0.25, 0.3) is 5.69 Å². The van der Waals surface area contributed by atoms with Crippen molar-refractivity contribution in [3.05, 3.63) is 39.6 Å². The molecule has 2 N–H and O–H groups in total. The van der Waals surface area contributed by atoms with E-state index in [0.717, 1.165) is 19.1 Å². The Morgan fingerprint density at radius 3 is 2.75 bits per heavy atom. The number of thiocarbonyl (C=S) groups is 1. The van der Waals surface area contributed by atoms with E-state index in [1.54, 1.807) is 25.1 Å². The van der Waals surface area contributed by atoms with Crippen molar-refractivity contribution >= 4 is 41.0 Å². The van der Waals surface area contributed by atoms with Crippen LogP contribution in [0.5, 0.6) is 0 Å². The van der Waals surface area contributed by atoms with E-state index >= 15 is 0 Å². The van der Waals surface area contributed by atoms with Gasteiger partial charge in [0.15, 0.2) is 0 Å². The van der Waals surface area contributed by atoms with Gasteiger partial charge in [-0.05, 0) is 18.6 Å². The predicted molar refractivity (Wildman–Crippen MR) is 102 cm³/mol. The molecule has 0 aliphatic carbocycles. The maximum atomic E-state index is 11.3. The number of unbranched alkanes of at least 4 members (excludes halogenated alkanes) is 1. The molecule has 0 radical (unpaired) electrons. The number of nitro benzene ring substituents is 1. The second kappa shape index (κ2) is 9.61. The highest BCUT2D eigenvalue weighted by molar-refractivity contribution is 7.80. The lowest BCUT2D eigenvalue weighted by atomic mass is 10.0. The van der Waals surface area contributed by atoms with Gasteiger partial charge in [-0.1, -0.05) is 25.6 Å². The minimum atomic E-state index is -0.507. The van der Waals surface area contributed by atoms with Crippen molar-refractivity contribution < 1.29 is 10.0 Å². The molecule has 1 aromatic rings. The highest BCUT2D eigenvalue weighted by Gasteiger charge is 2.21. The number of hydrogen-bond acceptors (Lipinski definition) is 5. The Kier molecular flexibility index (Phi) is 7.84. The fraction of sp³-hybridized carbons (Fsp3) is 0.375. The zero-order valence-electron chi connectivity index (χ0n) is 14.0. The number of nitrogens with one attached hydrogen (secondary N) is 1. The van der Waals surface area contributed by atoms with Crippen LogP contribution in [0.25, 0.3) is 6.08 Å². The number of hydrogen-bond donors (Lipinski definition) is 2. The first-order valence-corrected chi connectivity index (χ1v) is 7.94. The number of anilines is 1. The molecule has 7 nitrogen and oxygen atoms in total. The van der Waals surface area contributed by atoms with Crippen LogP contribution in [0, 0.1) is 10.1 Å². The van der Waals surface area contributed by atoms with E-state index in [2.05, 4.69) is 17.2 Å². The van der Waals surface area contributed by atoms with Crippen molar-refractivity contribution in [1.82, 2.24) is 4.90 Å². The van der Waals surface area contributed by atoms with Crippen LogP contribution in [0.4, 0.5) is 11.4 Å². The number of aliphatic hydroxyl groups excluding tert-OH is 1. The van der Waals surface area contributed by atoms with Crippen LogP contribution in [0.2, 0.25) is 0 Å². The first-order valence-electron chi connectivity index (χ1n) is 7.53. The Balaban J connectivity index is 3.46. The van der Waals surface area contributed by atoms with Crippen molar-refractivity contribution in [2.75, 3.05) is 26.0 Å². The van der Waals surface area contributed by atoms with Gasteiger partial charge < -0.3 is 15.3 Å². The molecular weight excluding hydrogens is 328 g/mol. The largest absolute Gasteiger partial charge is 0.516 e. The van der Waals surface area contributed by atoms with E-state index in [9.17, 15) is 10.1 Å². The molecule has 0 fully saturated rings. The zero-order valence-corrected chi connectivity index (χ0v) is 14.8. The van der Waals surface area contributed by atoms with Crippen molar-refractivity contribution in [2.24, 2.45) is 4.99 Å². The number of aliphatic hydroxyl groups is 1. The summed E-state index contributed by atoms with van der Waals surface area (Å²) >= 11 is 5.35. The normalized spacial score (nSPS) is 11.1. The molecule has 0 spiro atoms. The number of aliphatic imine (C=N–C) groups is 1. The first kappa shape index (κ1) is 19.6. The monoisotopic (exact) mass is 350 g/mol. The number of benzene rings is 1. The van der Waals surface area contributed by atoms with E-state index in [1.807, 2.05) is 0 Å². The Morgan fingerprint density at radius 1 is 1.50 bits per heavy atom. The molecule has 24 heavy (non-hydrogen) atoms. The van der Waals surface area contributed by atoms with Crippen LogP contribution < -0.4 is 5.32 Å². The second-order valence-corrected chi connectivity index (χ2v) is 5.67. The standard InChI is InChI=1S/C16H22N4O3S/c1-4-5-9-17-13-6-7-14(20(22)23)12(8-10-21)15(13)16(24)18-11-19(2)3/h6-8,10-11,17,21H,4-5,9H2,1-3H3. The third-order valence-electron chi connectivity index (χ3n) is 3.13. The molecule has 0 amide bonds. The minimum absolute atomic E-state index is 0.140. The lowest BCUT2D eigenvalue weighted by molar-refractivity contribution is -0.385. The van der Waals surface area contributed by atoms with Crippen molar-refractivity contribution in [1.29, 1.82) is 0 Å². The molecule has 1 rings (SSSR count). The summed E-state index contributed by atoms with van der Waals surface area (Å²) in [6, 6.07) is 3.01. The van der Waals surface area contributed by atoms with Gasteiger partial charge in [0, 0.05) is 38.0 Å². The summed E-state index contributed by atoms with van der Waals surface area (Å²) < 4.78 is 0. The summed E-state index contributed by atoms with van der Waals surface area (Å²) in [4.78, 5) is 16.9. The average Bonchev–Trinajstić information content (AvgIpc) is 2.53. The molecule has 0 aromatic heterocycles. The van der Waals surface area contributed by atoms with Gasteiger partial charge in [0.1, 0.15) is 4.99 Å². The summed E-state index contributed by atoms with van der Waals surface area (Å²) in [5, 5.41) is 23.7. The van der Waals surface area contributed by atoms with Crippen molar-refractivity contribution in [3.8, 4) is 0 Å². The van der Waals surface area contributed by atoms with Gasteiger partial charge in [-0.15, -0.1) is 0 Å². The Hall–Kier alpha value is -2.48. The lowest BCUT2D eigenvalue weighted by Crippen LogP contribution is -2.12. The Bertz CT molecular complexity index is 657. The van der Waals surface area contributed by atoms with E-state index in [1.165, 1.54) is 18.5 Å². The van der Waals surface area contributed by atoms with Crippen LogP contribution in [-0.2, 0) is 0 Å². The maximum Gasteiger partial charge on any atom is 0.277 e. The first-order chi connectivity index (χ1) is 11.4. The van der Waals surface area contributed by atoms with Crippen LogP contribution in [0.1, 0.15) is 30.9 Å². The third kappa shape index (κ3) is 5.31. The van der Waals surface area contributed by atoms with Gasteiger partial charge in [-0.2, -0.15) is 0 Å². The van der Waals surface area contributed by atoms with E-state index in [-0.39, 0.29) is 16.2 Å². The Morgan fingerprint density at radius 2 is 2.21 bits per heavy atom. The predicted octanol–water partition coefficient (Wildman–Crippen LogP) is 3.60. The highest BCUT2D eigenvalue weighted by Crippen LogP contribution is 2.31. The van der Waals surface area contributed by atoms with Gasteiger partial charge >= 0.3 is 0 Å². The maximum absolute atomic E-state index is 11.3. The molecule has 0 aliphatic heterocycles. The lowest BCUT2D eigenvalue weighted by Gasteiger charge is -2.14. The summed E-state index contributed by atoms with van der Waals surface area (Å²) in [5.74, 6) is 0. The summed E-state index contributed by atoms with van der Waals surface area (Å²) in [5.41, 5.74) is 1.17. The molecule has 0 atom stereocenters. The van der Waals surface area contributed by atoms with Crippen LogP contribution >= 0.6 is 12.2 Å². The summed E-state index contributed by atoms with van der Waals surface area (Å²) in [6.07, 6.45) is 5.52. The molecule has 0 saturated carbocycles. The molecule has 130 valence electrons. The number of nitrogens with zero attached hydrogens (tertiary/aromatic N) is 3. The van der Waals surface area contributed by atoms with Gasteiger partial charge in [0.05, 0.1) is 23.1 Å². The molecule has 0 unspecified atom stereocenters. The Labute approximate surface area is 146 Å². The molecule has 8 heteroatoms. The van der Waals surface area contributed by atoms with Gasteiger partial charge in [0.2, 0.25) is 0 Å². The van der Waals surface area contributed by atoms with E-state index in [4.69, 9.17) is 17.3 Å². The fourth-order valence-electron chi connectivity index (χ4n) is 2.02. The van der Waals surface area contributed by atoms with Crippen LogP contribution in [0.15, 0.2) is 23.4 Å². The molecule has 1 aromatic carbocycles. The number of rotatable bonds is 8. The van der Waals surface area contributed by atoms with E-state index < -0.39 is 4.92 Å². The average molecular weight is 350 g/mol. The smallest absolute Gasteiger partial charge is 0.277 e. The van der Waals surface area contributed by atoms with Crippen LogP contribution in [-0.4, -0.2) is 46.9 Å². The van der Waals surface area contributed by atoms with Crippen molar-refractivity contribution in [2.45, 2.75) is 19.8 Å². The molecular formula is C16H22N4O3S. The second-order valence-electron chi connectivity index (χ2n) is 5.29. The van der Waals surface area contributed by atoms with E-state index in [0.29, 0.717) is 17.8 Å². The van der Waals surface area contributed by atoms with Gasteiger partial charge in [-0.25, -0.2) is 4.99 Å². The fourth-order valence-corrected chi connectivity index (χ4v) is 2.29. The minimum Gasteiger partial charge on any atom is -0.516 e. The molecule has 0 saturated heterocycles. The van der Waals surface area contributed by atoms with Gasteiger partial charge in [-0.3, -0.25) is 10.1 Å². The summed E-state index contributed by atoms with van der Waals surface area (Å²) in [6.45, 7) is 2.79. The van der Waals surface area contributed by atoms with Crippen LogP contribution in [0.3, 0.4) is 0 Å². The summed E-state index contributed by atoms with van der Waals surface area (Å²) in [7, 11) is 3.60. The SMILES string of the molecule is CCCCNc1ccc([N+](=O)[O-])c(C=CO)c1C(=S)N=CN(C)C. The highest BCUT2D eigenvalue weighted by atomic mass is 32.1. The molecule has 0 aliphatic rings. The van der Waals surface area contributed by atoms with Crippen molar-refractivity contribution in [3.63, 3.8) is 0 Å². The molecule has 0 heterocycles. The third-order valence-corrected chi connectivity index (χ3v) is 3.44. The topological polar surface area (TPSA) is 91.0 Å².